The van der Waals surface area contributed by atoms with Crippen LogP contribution in [0.25, 0.3) is 0 Å². The summed E-state index contributed by atoms with van der Waals surface area (Å²) in [5, 5.41) is 2.98. The molecule has 1 atom stereocenters. The highest BCUT2D eigenvalue weighted by Gasteiger charge is 2.33. The van der Waals surface area contributed by atoms with Crippen LogP contribution in [0, 0.1) is 6.92 Å². The van der Waals surface area contributed by atoms with E-state index in [-0.39, 0.29) is 12.5 Å². The number of benzene rings is 3. The molecule has 0 aromatic heterocycles. The number of hydrogen-bond donors (Lipinski definition) is 1. The van der Waals surface area contributed by atoms with Crippen molar-refractivity contribution in [2.24, 2.45) is 0 Å². The van der Waals surface area contributed by atoms with Crippen LogP contribution in [0.15, 0.2) is 83.3 Å². The molecule has 0 aliphatic heterocycles. The Bertz CT molecular complexity index is 1350. The number of rotatable bonds is 13. The zero-order chi connectivity index (χ0) is 28.4. The summed E-state index contributed by atoms with van der Waals surface area (Å²) in [6.07, 6.45) is 3.11. The van der Waals surface area contributed by atoms with Crippen molar-refractivity contribution in [2.45, 2.75) is 45.7 Å². The number of amides is 2. The molecule has 3 aromatic carbocycles. The number of nitrogens with one attached hydrogen (secondary N) is 1. The van der Waals surface area contributed by atoms with Crippen molar-refractivity contribution in [1.29, 1.82) is 0 Å². The Hall–Kier alpha value is -3.17. The molecule has 1 N–H and O–H groups in total. The highest BCUT2D eigenvalue weighted by atomic mass is 79.9. The van der Waals surface area contributed by atoms with Crippen LogP contribution in [0.4, 0.5) is 5.69 Å². The molecule has 0 aliphatic rings. The fourth-order valence-electron chi connectivity index (χ4n) is 4.22. The Kier molecular flexibility index (Phi) is 11.1. The SMILES string of the molecule is CCCCNC(=O)C(Cc1ccccc1)N(Cc1cccc(Br)c1)C(=O)CN(c1ccc(C)cc1)S(C)(=O)=O. The monoisotopic (exact) mass is 613 g/mol. The van der Waals surface area contributed by atoms with Gasteiger partial charge >= 0.3 is 0 Å². The van der Waals surface area contributed by atoms with Gasteiger partial charge in [-0.1, -0.05) is 89.4 Å². The molecule has 2 amide bonds. The van der Waals surface area contributed by atoms with Crippen LogP contribution in [0.2, 0.25) is 0 Å². The van der Waals surface area contributed by atoms with Gasteiger partial charge in [0.1, 0.15) is 12.6 Å². The van der Waals surface area contributed by atoms with Crippen LogP contribution >= 0.6 is 15.9 Å². The number of aryl methyl sites for hydroxylation is 1. The Labute approximate surface area is 240 Å². The van der Waals surface area contributed by atoms with Crippen LogP contribution in [0.1, 0.15) is 36.5 Å². The van der Waals surface area contributed by atoms with E-state index >= 15 is 0 Å². The van der Waals surface area contributed by atoms with Gasteiger partial charge < -0.3 is 10.2 Å². The van der Waals surface area contributed by atoms with E-state index in [9.17, 15) is 18.0 Å². The molecule has 0 bridgehead atoms. The smallest absolute Gasteiger partial charge is 0.244 e. The maximum atomic E-state index is 14.0. The second kappa shape index (κ2) is 14.3. The summed E-state index contributed by atoms with van der Waals surface area (Å²) in [5.74, 6) is -0.732. The van der Waals surface area contributed by atoms with Gasteiger partial charge in [0.2, 0.25) is 21.8 Å². The lowest BCUT2D eigenvalue weighted by Crippen LogP contribution is -2.53. The third-order valence-electron chi connectivity index (χ3n) is 6.34. The zero-order valence-corrected chi connectivity index (χ0v) is 25.0. The highest BCUT2D eigenvalue weighted by Crippen LogP contribution is 2.22. The van der Waals surface area contributed by atoms with Gasteiger partial charge in [0.25, 0.3) is 0 Å². The molecule has 7 nitrogen and oxygen atoms in total. The molecule has 0 radical (unpaired) electrons. The predicted molar refractivity (Wildman–Crippen MR) is 160 cm³/mol. The lowest BCUT2D eigenvalue weighted by atomic mass is 10.0. The first kappa shape index (κ1) is 30.4. The second-order valence-electron chi connectivity index (χ2n) is 9.61. The van der Waals surface area contributed by atoms with E-state index in [4.69, 9.17) is 0 Å². The van der Waals surface area contributed by atoms with E-state index < -0.39 is 28.5 Å². The Balaban J connectivity index is 2.02. The summed E-state index contributed by atoms with van der Waals surface area (Å²) in [7, 11) is -3.78. The highest BCUT2D eigenvalue weighted by molar-refractivity contribution is 9.10. The molecule has 0 saturated heterocycles. The van der Waals surface area contributed by atoms with Crippen LogP contribution in [0.5, 0.6) is 0 Å². The van der Waals surface area contributed by atoms with Gasteiger partial charge in [0, 0.05) is 24.0 Å². The summed E-state index contributed by atoms with van der Waals surface area (Å²) in [5.41, 5.74) is 3.09. The molecule has 1 unspecified atom stereocenters. The van der Waals surface area contributed by atoms with Gasteiger partial charge in [-0.3, -0.25) is 13.9 Å². The first-order chi connectivity index (χ1) is 18.6. The normalized spacial score (nSPS) is 12.0. The first-order valence-corrected chi connectivity index (χ1v) is 15.6. The minimum atomic E-state index is -3.78. The van der Waals surface area contributed by atoms with Crippen molar-refractivity contribution in [3.8, 4) is 0 Å². The van der Waals surface area contributed by atoms with Crippen molar-refractivity contribution in [1.82, 2.24) is 10.2 Å². The van der Waals surface area contributed by atoms with Gasteiger partial charge in [0.15, 0.2) is 0 Å². The number of unbranched alkanes of at least 4 members (excludes halogenated alkanes) is 1. The van der Waals surface area contributed by atoms with Gasteiger partial charge in [-0.05, 0) is 48.7 Å². The summed E-state index contributed by atoms with van der Waals surface area (Å²) < 4.78 is 27.6. The molecule has 0 spiro atoms. The molecule has 0 aliphatic carbocycles. The Morgan fingerprint density at radius 3 is 2.23 bits per heavy atom. The van der Waals surface area contributed by atoms with Crippen LogP contribution in [0.3, 0.4) is 0 Å². The number of anilines is 1. The number of nitrogens with zero attached hydrogens (tertiary/aromatic N) is 2. The lowest BCUT2D eigenvalue weighted by molar-refractivity contribution is -0.140. The predicted octanol–water partition coefficient (Wildman–Crippen LogP) is 5.08. The molecular weight excluding hydrogens is 578 g/mol. The fourth-order valence-corrected chi connectivity index (χ4v) is 5.51. The molecular formula is C30H36BrN3O4S. The number of carbonyl (C=O) groups is 2. The second-order valence-corrected chi connectivity index (χ2v) is 12.4. The summed E-state index contributed by atoms with van der Waals surface area (Å²) >= 11 is 3.48. The maximum Gasteiger partial charge on any atom is 0.244 e. The quantitative estimate of drug-likeness (QED) is 0.272. The van der Waals surface area contributed by atoms with Crippen LogP contribution < -0.4 is 9.62 Å². The fraction of sp³-hybridized carbons (Fsp3) is 0.333. The zero-order valence-electron chi connectivity index (χ0n) is 22.6. The van der Waals surface area contributed by atoms with Gasteiger partial charge in [0.05, 0.1) is 11.9 Å². The summed E-state index contributed by atoms with van der Waals surface area (Å²) in [4.78, 5) is 29.1. The van der Waals surface area contributed by atoms with Crippen LogP contribution in [-0.4, -0.2) is 50.5 Å². The first-order valence-electron chi connectivity index (χ1n) is 13.0. The molecule has 3 aromatic rings. The van der Waals surface area contributed by atoms with E-state index in [0.29, 0.717) is 18.7 Å². The van der Waals surface area contributed by atoms with E-state index in [0.717, 1.165) is 44.6 Å². The molecule has 9 heteroatoms. The summed E-state index contributed by atoms with van der Waals surface area (Å²) in [6, 6.07) is 23.2. The topological polar surface area (TPSA) is 86.8 Å². The minimum Gasteiger partial charge on any atom is -0.354 e. The van der Waals surface area contributed by atoms with Crippen molar-refractivity contribution in [2.75, 3.05) is 23.7 Å². The third kappa shape index (κ3) is 9.21. The van der Waals surface area contributed by atoms with E-state index in [1.807, 2.05) is 68.4 Å². The Morgan fingerprint density at radius 1 is 0.949 bits per heavy atom. The molecule has 0 heterocycles. The molecule has 39 heavy (non-hydrogen) atoms. The van der Waals surface area contributed by atoms with Crippen molar-refractivity contribution < 1.29 is 18.0 Å². The number of sulfonamides is 1. The average molecular weight is 615 g/mol. The van der Waals surface area contributed by atoms with Gasteiger partial charge in [-0.25, -0.2) is 8.42 Å². The minimum absolute atomic E-state index is 0.141. The number of carbonyl (C=O) groups excluding carboxylic acids is 2. The average Bonchev–Trinajstić information content (AvgIpc) is 2.90. The molecule has 208 valence electrons. The largest absolute Gasteiger partial charge is 0.354 e. The van der Waals surface area contributed by atoms with Gasteiger partial charge in [-0.2, -0.15) is 0 Å². The van der Waals surface area contributed by atoms with Gasteiger partial charge in [-0.15, -0.1) is 0 Å². The van der Waals surface area contributed by atoms with Crippen LogP contribution in [-0.2, 0) is 32.6 Å². The lowest BCUT2D eigenvalue weighted by Gasteiger charge is -2.33. The standard InChI is InChI=1S/C30H36BrN3O4S/c1-4-5-18-32-30(36)28(20-24-10-7-6-8-11-24)33(21-25-12-9-13-26(31)19-25)29(35)22-34(39(3,37)38)27-16-14-23(2)15-17-27/h6-17,19,28H,4-5,18,20-22H2,1-3H3,(H,32,36). The van der Waals surface area contributed by atoms with Crippen molar-refractivity contribution in [3.05, 3.63) is 100 Å². The van der Waals surface area contributed by atoms with E-state index in [1.165, 1.54) is 4.90 Å². The Morgan fingerprint density at radius 2 is 1.62 bits per heavy atom. The number of halogens is 1. The third-order valence-corrected chi connectivity index (χ3v) is 7.98. The summed E-state index contributed by atoms with van der Waals surface area (Å²) in [6.45, 7) is 4.16. The molecule has 0 fully saturated rings. The molecule has 0 saturated carbocycles. The maximum absolute atomic E-state index is 14.0. The van der Waals surface area contributed by atoms with E-state index in [1.54, 1.807) is 24.3 Å². The molecule has 3 rings (SSSR count). The number of hydrogen-bond acceptors (Lipinski definition) is 4. The van der Waals surface area contributed by atoms with Crippen molar-refractivity contribution >= 4 is 43.5 Å². The van der Waals surface area contributed by atoms with Crippen molar-refractivity contribution in [3.63, 3.8) is 0 Å². The van der Waals surface area contributed by atoms with E-state index in [2.05, 4.69) is 21.2 Å².